The minimum absolute atomic E-state index is 0.117. The predicted molar refractivity (Wildman–Crippen MR) is 99.4 cm³/mol. The monoisotopic (exact) mass is 359 g/mol. The average molecular weight is 359 g/mol. The Balaban J connectivity index is 1.57. The second-order valence-electron chi connectivity index (χ2n) is 6.75. The Morgan fingerprint density at radius 1 is 1.19 bits per heavy atom. The number of halogens is 1. The van der Waals surface area contributed by atoms with Gasteiger partial charge in [-0.1, -0.05) is 6.42 Å². The zero-order valence-electron chi connectivity index (χ0n) is 15.1. The number of nitrogens with zero attached hydrogens (tertiary/aromatic N) is 1. The summed E-state index contributed by atoms with van der Waals surface area (Å²) in [4.78, 5) is 14.8. The number of hydrogen-bond acceptors (Lipinski definition) is 4. The maximum absolute atomic E-state index is 13.0. The number of likely N-dealkylation sites (tertiary alicyclic amines) is 1. The van der Waals surface area contributed by atoms with Crippen LogP contribution >= 0.6 is 0 Å². The molecular weight excluding hydrogens is 333 g/mol. The number of amides is 1. The van der Waals surface area contributed by atoms with Gasteiger partial charge in [-0.3, -0.25) is 9.69 Å². The van der Waals surface area contributed by atoms with Crippen molar-refractivity contribution in [3.63, 3.8) is 0 Å². The SMILES string of the molecule is C[C@H](NC[C@@H](c1ccco1)N1CCCCC1)C(=O)Nc1ccc(F)cc1. The molecule has 1 aliphatic heterocycles. The zero-order chi connectivity index (χ0) is 18.4. The first-order chi connectivity index (χ1) is 12.6. The summed E-state index contributed by atoms with van der Waals surface area (Å²) < 4.78 is 18.6. The Bertz CT molecular complexity index is 682. The standard InChI is InChI=1S/C20H26FN3O2/c1-15(20(25)23-17-9-7-16(21)8-10-17)22-14-18(19-6-5-13-26-19)24-11-3-2-4-12-24/h5-10,13,15,18,22H,2-4,11-12,14H2,1H3,(H,23,25)/t15-,18-/m0/s1. The summed E-state index contributed by atoms with van der Waals surface area (Å²) >= 11 is 0. The third-order valence-electron chi connectivity index (χ3n) is 4.83. The van der Waals surface area contributed by atoms with Crippen molar-refractivity contribution in [2.75, 3.05) is 25.0 Å². The van der Waals surface area contributed by atoms with Crippen molar-refractivity contribution in [3.8, 4) is 0 Å². The molecule has 6 heteroatoms. The van der Waals surface area contributed by atoms with Gasteiger partial charge in [-0.15, -0.1) is 0 Å². The van der Waals surface area contributed by atoms with Crippen LogP contribution in [0.25, 0.3) is 0 Å². The third kappa shape index (κ3) is 4.93. The van der Waals surface area contributed by atoms with Crippen LogP contribution in [0.4, 0.5) is 10.1 Å². The Labute approximate surface area is 153 Å². The third-order valence-corrected chi connectivity index (χ3v) is 4.83. The van der Waals surface area contributed by atoms with Crippen molar-refractivity contribution in [3.05, 3.63) is 54.2 Å². The van der Waals surface area contributed by atoms with Gasteiger partial charge in [0.25, 0.3) is 0 Å². The number of piperidine rings is 1. The summed E-state index contributed by atoms with van der Waals surface area (Å²) in [5.74, 6) is 0.455. The predicted octanol–water partition coefficient (Wildman–Crippen LogP) is 3.56. The molecule has 140 valence electrons. The number of carbonyl (C=O) groups is 1. The van der Waals surface area contributed by atoms with Gasteiger partial charge in [0.05, 0.1) is 18.3 Å². The molecule has 1 aliphatic rings. The highest BCUT2D eigenvalue weighted by Gasteiger charge is 2.25. The lowest BCUT2D eigenvalue weighted by Crippen LogP contribution is -2.44. The summed E-state index contributed by atoms with van der Waals surface area (Å²) in [6.07, 6.45) is 5.35. The van der Waals surface area contributed by atoms with E-state index in [0.29, 0.717) is 12.2 Å². The molecule has 2 N–H and O–H groups in total. The lowest BCUT2D eigenvalue weighted by molar-refractivity contribution is -0.117. The second kappa shape index (κ2) is 8.96. The number of nitrogens with one attached hydrogen (secondary N) is 2. The lowest BCUT2D eigenvalue weighted by Gasteiger charge is -2.34. The summed E-state index contributed by atoms with van der Waals surface area (Å²) in [6.45, 7) is 4.55. The summed E-state index contributed by atoms with van der Waals surface area (Å²) in [7, 11) is 0. The highest BCUT2D eigenvalue weighted by Crippen LogP contribution is 2.24. The van der Waals surface area contributed by atoms with Gasteiger partial charge in [0.15, 0.2) is 0 Å². The Morgan fingerprint density at radius 2 is 1.92 bits per heavy atom. The fraction of sp³-hybridized carbons (Fsp3) is 0.450. The first kappa shape index (κ1) is 18.6. The normalized spacial score (nSPS) is 17.6. The molecule has 3 rings (SSSR count). The van der Waals surface area contributed by atoms with E-state index in [1.54, 1.807) is 18.4 Å². The highest BCUT2D eigenvalue weighted by atomic mass is 19.1. The molecule has 0 bridgehead atoms. The van der Waals surface area contributed by atoms with Gasteiger partial charge in [-0.05, 0) is 69.3 Å². The van der Waals surface area contributed by atoms with Crippen molar-refractivity contribution in [1.29, 1.82) is 0 Å². The molecule has 0 aliphatic carbocycles. The second-order valence-corrected chi connectivity index (χ2v) is 6.75. The van der Waals surface area contributed by atoms with Crippen LogP contribution in [0.2, 0.25) is 0 Å². The Morgan fingerprint density at radius 3 is 2.58 bits per heavy atom. The first-order valence-electron chi connectivity index (χ1n) is 9.21. The molecule has 2 aromatic rings. The molecule has 2 atom stereocenters. The molecule has 5 nitrogen and oxygen atoms in total. The summed E-state index contributed by atoms with van der Waals surface area (Å²) in [5.41, 5.74) is 0.587. The van der Waals surface area contributed by atoms with Gasteiger partial charge in [-0.2, -0.15) is 0 Å². The summed E-state index contributed by atoms with van der Waals surface area (Å²) in [5, 5.41) is 6.11. The highest BCUT2D eigenvalue weighted by molar-refractivity contribution is 5.94. The largest absolute Gasteiger partial charge is 0.468 e. The van der Waals surface area contributed by atoms with Crippen LogP contribution in [0.5, 0.6) is 0 Å². The number of benzene rings is 1. The van der Waals surface area contributed by atoms with Gasteiger partial charge in [0.1, 0.15) is 11.6 Å². The van der Waals surface area contributed by atoms with E-state index < -0.39 is 0 Å². The van der Waals surface area contributed by atoms with Crippen LogP contribution in [0.15, 0.2) is 47.1 Å². The van der Waals surface area contributed by atoms with Crippen LogP contribution in [-0.4, -0.2) is 36.5 Å². The number of carbonyl (C=O) groups excluding carboxylic acids is 1. The van der Waals surface area contributed by atoms with E-state index in [-0.39, 0.29) is 23.8 Å². The van der Waals surface area contributed by atoms with Gasteiger partial charge in [-0.25, -0.2) is 4.39 Å². The molecule has 1 aromatic heterocycles. The van der Waals surface area contributed by atoms with Crippen molar-refractivity contribution in [1.82, 2.24) is 10.2 Å². The molecule has 0 unspecified atom stereocenters. The minimum Gasteiger partial charge on any atom is -0.468 e. The number of rotatable bonds is 7. The van der Waals surface area contributed by atoms with Gasteiger partial charge >= 0.3 is 0 Å². The average Bonchev–Trinajstić information content (AvgIpc) is 3.19. The van der Waals surface area contributed by atoms with Gasteiger partial charge in [0.2, 0.25) is 5.91 Å². The fourth-order valence-electron chi connectivity index (χ4n) is 3.29. The molecule has 0 radical (unpaired) electrons. The smallest absolute Gasteiger partial charge is 0.241 e. The molecule has 0 spiro atoms. The molecule has 0 saturated carbocycles. The number of hydrogen-bond donors (Lipinski definition) is 2. The van der Waals surface area contributed by atoms with E-state index in [4.69, 9.17) is 4.42 Å². The maximum atomic E-state index is 13.0. The topological polar surface area (TPSA) is 57.5 Å². The van der Waals surface area contributed by atoms with Crippen molar-refractivity contribution >= 4 is 11.6 Å². The minimum atomic E-state index is -0.373. The van der Waals surface area contributed by atoms with Crippen LogP contribution in [-0.2, 0) is 4.79 Å². The summed E-state index contributed by atoms with van der Waals surface area (Å²) in [6, 6.07) is 9.40. The molecule has 2 heterocycles. The number of furan rings is 1. The first-order valence-corrected chi connectivity index (χ1v) is 9.21. The van der Waals surface area contributed by atoms with E-state index in [0.717, 1.165) is 18.8 Å². The van der Waals surface area contributed by atoms with Crippen molar-refractivity contribution in [2.45, 2.75) is 38.3 Å². The van der Waals surface area contributed by atoms with Crippen LogP contribution < -0.4 is 10.6 Å². The van der Waals surface area contributed by atoms with Crippen LogP contribution in [0.3, 0.4) is 0 Å². The number of anilines is 1. The van der Waals surface area contributed by atoms with Crippen molar-refractivity contribution in [2.24, 2.45) is 0 Å². The van der Waals surface area contributed by atoms with E-state index in [1.807, 2.05) is 19.1 Å². The van der Waals surface area contributed by atoms with Crippen LogP contribution in [0.1, 0.15) is 38.0 Å². The van der Waals surface area contributed by atoms with Gasteiger partial charge in [0, 0.05) is 12.2 Å². The maximum Gasteiger partial charge on any atom is 0.241 e. The van der Waals surface area contributed by atoms with Crippen LogP contribution in [0, 0.1) is 5.82 Å². The molecule has 1 saturated heterocycles. The zero-order valence-corrected chi connectivity index (χ0v) is 15.1. The molecule has 1 aromatic carbocycles. The molecular formula is C20H26FN3O2. The Hall–Kier alpha value is -2.18. The van der Waals surface area contributed by atoms with Crippen molar-refractivity contribution < 1.29 is 13.6 Å². The van der Waals surface area contributed by atoms with E-state index in [9.17, 15) is 9.18 Å². The molecule has 1 amide bonds. The quantitative estimate of drug-likeness (QED) is 0.794. The lowest BCUT2D eigenvalue weighted by atomic mass is 10.1. The van der Waals surface area contributed by atoms with E-state index >= 15 is 0 Å². The van der Waals surface area contributed by atoms with E-state index in [1.165, 1.54) is 31.4 Å². The Kier molecular flexibility index (Phi) is 6.41. The molecule has 1 fully saturated rings. The fourth-order valence-corrected chi connectivity index (χ4v) is 3.29. The molecule has 26 heavy (non-hydrogen) atoms. The van der Waals surface area contributed by atoms with Gasteiger partial charge < -0.3 is 15.1 Å². The van der Waals surface area contributed by atoms with E-state index in [2.05, 4.69) is 15.5 Å².